The van der Waals surface area contributed by atoms with Crippen molar-refractivity contribution in [3.05, 3.63) is 70.7 Å². The van der Waals surface area contributed by atoms with E-state index in [1.807, 2.05) is 12.1 Å². The number of nitrogen functional groups attached to an aromatic ring is 1. The van der Waals surface area contributed by atoms with E-state index in [1.54, 1.807) is 30.7 Å². The fourth-order valence-electron chi connectivity index (χ4n) is 3.33. The summed E-state index contributed by atoms with van der Waals surface area (Å²) in [7, 11) is 1.69. The number of nitrogens with zero attached hydrogens (tertiary/aromatic N) is 3. The zero-order valence-corrected chi connectivity index (χ0v) is 16.0. The van der Waals surface area contributed by atoms with Crippen LogP contribution in [0.15, 0.2) is 59.7 Å². The molecule has 0 saturated heterocycles. The molecule has 1 aliphatic heterocycles. The third-order valence-corrected chi connectivity index (χ3v) is 5.80. The molecule has 2 aromatic carbocycles. The van der Waals surface area contributed by atoms with Gasteiger partial charge in [-0.05, 0) is 53.4 Å². The van der Waals surface area contributed by atoms with Crippen LogP contribution in [-0.4, -0.2) is 22.8 Å². The van der Waals surface area contributed by atoms with Crippen LogP contribution in [0.25, 0.3) is 10.1 Å². The summed E-state index contributed by atoms with van der Waals surface area (Å²) in [5.41, 5.74) is 10.0. The number of methoxy groups -OCH3 is 1. The van der Waals surface area contributed by atoms with E-state index in [-0.39, 0.29) is 5.95 Å². The van der Waals surface area contributed by atoms with Crippen LogP contribution in [0.5, 0.6) is 5.75 Å². The molecule has 4 aromatic rings. The third-order valence-electron chi connectivity index (χ3n) is 4.68. The highest BCUT2D eigenvalue weighted by Crippen LogP contribution is 2.34. The molecule has 0 radical (unpaired) electrons. The van der Waals surface area contributed by atoms with Gasteiger partial charge in [0.05, 0.1) is 24.2 Å². The number of aromatic nitrogens is 2. The van der Waals surface area contributed by atoms with Crippen LogP contribution < -0.4 is 15.8 Å². The van der Waals surface area contributed by atoms with Gasteiger partial charge in [0.1, 0.15) is 11.6 Å². The first-order valence-corrected chi connectivity index (χ1v) is 9.62. The maximum absolute atomic E-state index is 5.67. The Hall–Kier alpha value is -3.45. The first-order chi connectivity index (χ1) is 13.7. The van der Waals surface area contributed by atoms with E-state index >= 15 is 0 Å². The minimum atomic E-state index is 0.245. The Morgan fingerprint density at radius 3 is 2.89 bits per heavy atom. The second kappa shape index (κ2) is 6.61. The van der Waals surface area contributed by atoms with Crippen molar-refractivity contribution in [1.29, 1.82) is 0 Å². The molecule has 0 amide bonds. The number of nitrogens with one attached hydrogen (secondary N) is 1. The molecule has 28 heavy (non-hydrogen) atoms. The van der Waals surface area contributed by atoms with Crippen molar-refractivity contribution in [3.63, 3.8) is 0 Å². The van der Waals surface area contributed by atoms with Crippen molar-refractivity contribution in [2.45, 2.75) is 6.54 Å². The predicted molar refractivity (Wildman–Crippen MR) is 114 cm³/mol. The fourth-order valence-corrected chi connectivity index (χ4v) is 4.39. The quantitative estimate of drug-likeness (QED) is 0.543. The minimum Gasteiger partial charge on any atom is -0.497 e. The predicted octanol–water partition coefficient (Wildman–Crippen LogP) is 4.38. The van der Waals surface area contributed by atoms with Gasteiger partial charge >= 0.3 is 0 Å². The lowest BCUT2D eigenvalue weighted by molar-refractivity contribution is 0.415. The molecular weight excluding hydrogens is 370 g/mol. The number of benzene rings is 2. The maximum atomic E-state index is 5.67. The Morgan fingerprint density at radius 2 is 2.04 bits per heavy atom. The van der Waals surface area contributed by atoms with Gasteiger partial charge in [-0.2, -0.15) is 4.98 Å². The number of hydrogen-bond donors (Lipinski definition) is 2. The van der Waals surface area contributed by atoms with Crippen LogP contribution in [-0.2, 0) is 6.54 Å². The molecule has 0 bridgehead atoms. The summed E-state index contributed by atoms with van der Waals surface area (Å²) in [6.07, 6.45) is 1.64. The SMILES string of the molecule is COc1ccc2sc(C3=NCc4ccc(Nc5ccnc(N)n5)cc43)cc2c1. The van der Waals surface area contributed by atoms with Crippen LogP contribution in [0.4, 0.5) is 17.5 Å². The first kappa shape index (κ1) is 16.7. The summed E-state index contributed by atoms with van der Waals surface area (Å²) in [5.74, 6) is 1.77. The Bertz CT molecular complexity index is 1230. The second-order valence-electron chi connectivity index (χ2n) is 6.48. The van der Waals surface area contributed by atoms with Gasteiger partial charge in [0.25, 0.3) is 0 Å². The lowest BCUT2D eigenvalue weighted by Gasteiger charge is -2.09. The highest BCUT2D eigenvalue weighted by Gasteiger charge is 2.20. The van der Waals surface area contributed by atoms with Gasteiger partial charge in [0, 0.05) is 22.1 Å². The van der Waals surface area contributed by atoms with Gasteiger partial charge in [0.2, 0.25) is 5.95 Å². The number of aliphatic imine (C=N–C) groups is 1. The Labute approximate surface area is 165 Å². The van der Waals surface area contributed by atoms with Gasteiger partial charge in [-0.1, -0.05) is 6.07 Å². The Morgan fingerprint density at radius 1 is 1.11 bits per heavy atom. The maximum Gasteiger partial charge on any atom is 0.221 e. The van der Waals surface area contributed by atoms with Crippen LogP contribution >= 0.6 is 11.3 Å². The molecule has 2 aromatic heterocycles. The average Bonchev–Trinajstić information content (AvgIpc) is 3.30. The monoisotopic (exact) mass is 387 g/mol. The molecule has 138 valence electrons. The second-order valence-corrected chi connectivity index (χ2v) is 7.56. The van der Waals surface area contributed by atoms with E-state index in [2.05, 4.69) is 45.6 Å². The zero-order chi connectivity index (χ0) is 19.1. The zero-order valence-electron chi connectivity index (χ0n) is 15.1. The summed E-state index contributed by atoms with van der Waals surface area (Å²) < 4.78 is 6.56. The Balaban J connectivity index is 1.50. The summed E-state index contributed by atoms with van der Waals surface area (Å²) in [4.78, 5) is 14.1. The van der Waals surface area contributed by atoms with E-state index in [4.69, 9.17) is 15.5 Å². The third kappa shape index (κ3) is 2.95. The lowest BCUT2D eigenvalue weighted by Crippen LogP contribution is -2.02. The Kier molecular flexibility index (Phi) is 3.95. The van der Waals surface area contributed by atoms with Gasteiger partial charge in [-0.25, -0.2) is 4.98 Å². The molecule has 5 rings (SSSR count). The van der Waals surface area contributed by atoms with Crippen LogP contribution in [0.1, 0.15) is 16.0 Å². The molecule has 0 saturated carbocycles. The molecule has 3 N–H and O–H groups in total. The van der Waals surface area contributed by atoms with Crippen molar-refractivity contribution in [2.24, 2.45) is 4.99 Å². The smallest absolute Gasteiger partial charge is 0.221 e. The highest BCUT2D eigenvalue weighted by molar-refractivity contribution is 7.21. The van der Waals surface area contributed by atoms with Crippen molar-refractivity contribution in [1.82, 2.24) is 9.97 Å². The number of hydrogen-bond acceptors (Lipinski definition) is 7. The van der Waals surface area contributed by atoms with E-state index < -0.39 is 0 Å². The molecule has 0 unspecified atom stereocenters. The molecule has 3 heterocycles. The largest absolute Gasteiger partial charge is 0.497 e. The average molecular weight is 387 g/mol. The number of nitrogens with two attached hydrogens (primary N) is 1. The molecule has 0 atom stereocenters. The van der Waals surface area contributed by atoms with Crippen molar-refractivity contribution >= 4 is 44.6 Å². The van der Waals surface area contributed by atoms with Gasteiger partial charge in [0.15, 0.2) is 0 Å². The molecule has 0 aliphatic carbocycles. The van der Waals surface area contributed by atoms with Crippen LogP contribution in [0.2, 0.25) is 0 Å². The minimum absolute atomic E-state index is 0.245. The molecule has 0 fully saturated rings. The fraction of sp³-hybridized carbons (Fsp3) is 0.0952. The molecule has 1 aliphatic rings. The van der Waals surface area contributed by atoms with E-state index in [0.29, 0.717) is 12.4 Å². The van der Waals surface area contributed by atoms with E-state index in [1.165, 1.54) is 15.6 Å². The normalized spacial score (nSPS) is 12.7. The number of anilines is 3. The number of fused-ring (bicyclic) bond motifs is 2. The standard InChI is InChI=1S/C21H17N5OS/c1-27-15-4-5-17-13(8-15)9-18(28-17)20-16-10-14(3-2-12(16)11-24-20)25-19-6-7-23-21(22)26-19/h2-10H,11H2,1H3,(H3,22,23,25,26). The van der Waals surface area contributed by atoms with Crippen molar-refractivity contribution in [2.75, 3.05) is 18.2 Å². The van der Waals surface area contributed by atoms with Crippen LogP contribution in [0, 0.1) is 0 Å². The number of rotatable bonds is 4. The summed E-state index contributed by atoms with van der Waals surface area (Å²) in [6, 6.07) is 16.4. The van der Waals surface area contributed by atoms with E-state index in [0.717, 1.165) is 27.6 Å². The first-order valence-electron chi connectivity index (χ1n) is 8.81. The molecule has 7 heteroatoms. The molecular formula is C21H17N5OS. The topological polar surface area (TPSA) is 85.4 Å². The van der Waals surface area contributed by atoms with Crippen LogP contribution in [0.3, 0.4) is 0 Å². The van der Waals surface area contributed by atoms with E-state index in [9.17, 15) is 0 Å². The summed E-state index contributed by atoms with van der Waals surface area (Å²) in [6.45, 7) is 0.697. The number of ether oxygens (including phenoxy) is 1. The summed E-state index contributed by atoms with van der Waals surface area (Å²) in [5, 5.41) is 4.46. The molecule has 6 nitrogen and oxygen atoms in total. The lowest BCUT2D eigenvalue weighted by atomic mass is 10.0. The highest BCUT2D eigenvalue weighted by atomic mass is 32.1. The van der Waals surface area contributed by atoms with Crippen molar-refractivity contribution < 1.29 is 4.74 Å². The van der Waals surface area contributed by atoms with Gasteiger partial charge in [-0.15, -0.1) is 11.3 Å². The van der Waals surface area contributed by atoms with Crippen molar-refractivity contribution in [3.8, 4) is 5.75 Å². The number of thiophene rings is 1. The summed E-state index contributed by atoms with van der Waals surface area (Å²) >= 11 is 1.75. The van der Waals surface area contributed by atoms with Gasteiger partial charge in [-0.3, -0.25) is 4.99 Å². The molecule has 0 spiro atoms. The van der Waals surface area contributed by atoms with Gasteiger partial charge < -0.3 is 15.8 Å².